The summed E-state index contributed by atoms with van der Waals surface area (Å²) < 4.78 is 5.49. The zero-order valence-corrected chi connectivity index (χ0v) is 14.8. The average molecular weight is 360 g/mol. The zero-order valence-electron chi connectivity index (χ0n) is 14.0. The highest BCUT2D eigenvalue weighted by molar-refractivity contribution is 7.10. The number of carbonyl (C=O) groups excluding carboxylic acids is 1. The summed E-state index contributed by atoms with van der Waals surface area (Å²) in [5, 5.41) is 16.1. The minimum Gasteiger partial charge on any atom is -0.381 e. The second-order valence-electron chi connectivity index (χ2n) is 6.31. The van der Waals surface area contributed by atoms with E-state index in [1.807, 2.05) is 11.4 Å². The quantitative estimate of drug-likeness (QED) is 0.654. The van der Waals surface area contributed by atoms with Gasteiger partial charge in [-0.2, -0.15) is 0 Å². The van der Waals surface area contributed by atoms with E-state index in [0.717, 1.165) is 12.8 Å². The van der Waals surface area contributed by atoms with Crippen LogP contribution >= 0.6 is 11.3 Å². The predicted molar refractivity (Wildman–Crippen MR) is 96.2 cm³/mol. The molecule has 3 rings (SSSR count). The largest absolute Gasteiger partial charge is 0.381 e. The summed E-state index contributed by atoms with van der Waals surface area (Å²) in [5.41, 5.74) is 0.692. The second-order valence-corrected chi connectivity index (χ2v) is 7.26. The minimum absolute atomic E-state index is 0.0355. The molecular weight excluding hydrogens is 340 g/mol. The first-order valence-electron chi connectivity index (χ1n) is 8.17. The van der Waals surface area contributed by atoms with Crippen molar-refractivity contribution in [2.45, 2.75) is 25.2 Å². The first-order valence-corrected chi connectivity index (χ1v) is 9.05. The molecular formula is C18H20N2O4S. The number of aryl methyl sites for hydroxylation is 1. The minimum atomic E-state index is -0.461. The average Bonchev–Trinajstić information content (AvgIpc) is 3.16. The molecule has 25 heavy (non-hydrogen) atoms. The molecule has 1 aromatic carbocycles. The van der Waals surface area contributed by atoms with E-state index >= 15 is 0 Å². The van der Waals surface area contributed by atoms with Crippen LogP contribution in [0.4, 0.5) is 5.69 Å². The Morgan fingerprint density at radius 3 is 2.76 bits per heavy atom. The number of rotatable bonds is 5. The van der Waals surface area contributed by atoms with Crippen LogP contribution in [0.5, 0.6) is 0 Å². The Hall–Kier alpha value is -2.25. The molecule has 1 saturated heterocycles. The van der Waals surface area contributed by atoms with Crippen molar-refractivity contribution in [3.63, 3.8) is 0 Å². The van der Waals surface area contributed by atoms with Gasteiger partial charge in [-0.05, 0) is 37.3 Å². The van der Waals surface area contributed by atoms with Crippen LogP contribution in [0.25, 0.3) is 0 Å². The number of nitro benzene ring substituents is 1. The van der Waals surface area contributed by atoms with Crippen LogP contribution in [0.2, 0.25) is 0 Å². The standard InChI is InChI=1S/C18H20N2O4S/c1-13-4-5-14(11-15(13)20(22)23)17(21)19-12-18(6-8-24-9-7-18)16-3-2-10-25-16/h2-5,10-11H,6-9,12H2,1H3,(H,19,21). The molecule has 2 heterocycles. The molecule has 1 amide bonds. The highest BCUT2D eigenvalue weighted by Gasteiger charge is 2.35. The lowest BCUT2D eigenvalue weighted by Crippen LogP contribution is -2.44. The SMILES string of the molecule is Cc1ccc(C(=O)NCC2(c3cccs3)CCOCC2)cc1[N+](=O)[O-]. The molecule has 0 bridgehead atoms. The molecule has 0 unspecified atom stereocenters. The van der Waals surface area contributed by atoms with Crippen LogP contribution in [0.15, 0.2) is 35.7 Å². The third-order valence-corrected chi connectivity index (χ3v) is 5.87. The third kappa shape index (κ3) is 3.72. The number of carbonyl (C=O) groups is 1. The van der Waals surface area contributed by atoms with Crippen LogP contribution in [0.1, 0.15) is 33.6 Å². The lowest BCUT2D eigenvalue weighted by atomic mass is 9.78. The summed E-state index contributed by atoms with van der Waals surface area (Å²) in [7, 11) is 0. The topological polar surface area (TPSA) is 81.5 Å². The van der Waals surface area contributed by atoms with Gasteiger partial charge >= 0.3 is 0 Å². The maximum absolute atomic E-state index is 12.5. The molecule has 0 atom stereocenters. The summed E-state index contributed by atoms with van der Waals surface area (Å²) >= 11 is 1.69. The molecule has 1 aliphatic heterocycles. The van der Waals surface area contributed by atoms with Crippen LogP contribution in [-0.4, -0.2) is 30.6 Å². The number of amides is 1. The van der Waals surface area contributed by atoms with E-state index in [2.05, 4.69) is 11.4 Å². The molecule has 2 aromatic rings. The Morgan fingerprint density at radius 2 is 2.12 bits per heavy atom. The Morgan fingerprint density at radius 1 is 1.36 bits per heavy atom. The Labute approximate surface area is 150 Å². The van der Waals surface area contributed by atoms with Crippen LogP contribution in [0, 0.1) is 17.0 Å². The molecule has 0 aliphatic carbocycles. The van der Waals surface area contributed by atoms with Gasteiger partial charge in [0.25, 0.3) is 11.6 Å². The molecule has 6 nitrogen and oxygen atoms in total. The van der Waals surface area contributed by atoms with Gasteiger partial charge in [-0.25, -0.2) is 0 Å². The van der Waals surface area contributed by atoms with Gasteiger partial charge in [-0.3, -0.25) is 14.9 Å². The fourth-order valence-corrected chi connectivity index (χ4v) is 4.14. The van der Waals surface area contributed by atoms with E-state index in [4.69, 9.17) is 4.74 Å². The molecule has 1 fully saturated rings. The van der Waals surface area contributed by atoms with Crippen molar-refractivity contribution >= 4 is 22.9 Å². The summed E-state index contributed by atoms with van der Waals surface area (Å²) in [6.07, 6.45) is 1.70. The summed E-state index contributed by atoms with van der Waals surface area (Å²) in [6.45, 7) is 3.50. The fourth-order valence-electron chi connectivity index (χ4n) is 3.15. The fraction of sp³-hybridized carbons (Fsp3) is 0.389. The van der Waals surface area contributed by atoms with E-state index in [0.29, 0.717) is 30.9 Å². The Bertz CT molecular complexity index is 767. The maximum Gasteiger partial charge on any atom is 0.273 e. The van der Waals surface area contributed by atoms with Crippen molar-refractivity contribution in [1.82, 2.24) is 5.32 Å². The van der Waals surface area contributed by atoms with Gasteiger partial charge in [0.1, 0.15) is 0 Å². The summed E-state index contributed by atoms with van der Waals surface area (Å²) in [6, 6.07) is 8.68. The Balaban J connectivity index is 1.76. The van der Waals surface area contributed by atoms with Crippen LogP contribution in [-0.2, 0) is 10.2 Å². The number of nitrogens with one attached hydrogen (secondary N) is 1. The van der Waals surface area contributed by atoms with Gasteiger partial charge in [0.05, 0.1) is 4.92 Å². The van der Waals surface area contributed by atoms with Gasteiger partial charge in [-0.1, -0.05) is 12.1 Å². The molecule has 1 aromatic heterocycles. The first-order chi connectivity index (χ1) is 12.0. The first kappa shape index (κ1) is 17.6. The number of ether oxygens (including phenoxy) is 1. The van der Waals surface area contributed by atoms with Crippen LogP contribution < -0.4 is 5.32 Å². The molecule has 0 radical (unpaired) electrons. The number of benzene rings is 1. The number of nitro groups is 1. The van der Waals surface area contributed by atoms with E-state index in [9.17, 15) is 14.9 Å². The van der Waals surface area contributed by atoms with Gasteiger partial charge in [0.15, 0.2) is 0 Å². The van der Waals surface area contributed by atoms with Crippen molar-refractivity contribution < 1.29 is 14.5 Å². The van der Waals surface area contributed by atoms with Crippen molar-refractivity contribution in [3.8, 4) is 0 Å². The Kier molecular flexibility index (Phi) is 5.15. The molecule has 0 spiro atoms. The van der Waals surface area contributed by atoms with Crippen molar-refractivity contribution in [2.75, 3.05) is 19.8 Å². The zero-order chi connectivity index (χ0) is 17.9. The van der Waals surface area contributed by atoms with Gasteiger partial charge < -0.3 is 10.1 Å². The molecule has 7 heteroatoms. The monoisotopic (exact) mass is 360 g/mol. The number of nitrogens with zero attached hydrogens (tertiary/aromatic N) is 1. The third-order valence-electron chi connectivity index (χ3n) is 4.75. The van der Waals surface area contributed by atoms with E-state index in [-0.39, 0.29) is 17.0 Å². The van der Waals surface area contributed by atoms with Crippen molar-refractivity contribution in [3.05, 3.63) is 61.8 Å². The smallest absolute Gasteiger partial charge is 0.273 e. The van der Waals surface area contributed by atoms with Gasteiger partial charge in [0.2, 0.25) is 0 Å². The van der Waals surface area contributed by atoms with Crippen molar-refractivity contribution in [1.29, 1.82) is 0 Å². The predicted octanol–water partition coefficient (Wildman–Crippen LogP) is 3.44. The van der Waals surface area contributed by atoms with Gasteiger partial charge in [-0.15, -0.1) is 11.3 Å². The maximum atomic E-state index is 12.5. The lowest BCUT2D eigenvalue weighted by Gasteiger charge is -2.36. The van der Waals surface area contributed by atoms with E-state index in [1.54, 1.807) is 30.4 Å². The summed E-state index contributed by atoms with van der Waals surface area (Å²) in [4.78, 5) is 24.4. The highest BCUT2D eigenvalue weighted by Crippen LogP contribution is 2.37. The molecule has 1 N–H and O–H groups in total. The molecule has 0 saturated carbocycles. The van der Waals surface area contributed by atoms with E-state index < -0.39 is 4.92 Å². The number of hydrogen-bond donors (Lipinski definition) is 1. The number of thiophene rings is 1. The normalized spacial score (nSPS) is 16.4. The second kappa shape index (κ2) is 7.33. The highest BCUT2D eigenvalue weighted by atomic mass is 32.1. The molecule has 1 aliphatic rings. The number of hydrogen-bond acceptors (Lipinski definition) is 5. The molecule has 132 valence electrons. The lowest BCUT2D eigenvalue weighted by molar-refractivity contribution is -0.385. The summed E-state index contributed by atoms with van der Waals surface area (Å²) in [5.74, 6) is -0.287. The van der Waals surface area contributed by atoms with Crippen molar-refractivity contribution in [2.24, 2.45) is 0 Å². The van der Waals surface area contributed by atoms with E-state index in [1.165, 1.54) is 10.9 Å². The van der Waals surface area contributed by atoms with Crippen LogP contribution in [0.3, 0.4) is 0 Å². The van der Waals surface area contributed by atoms with Gasteiger partial charge in [0, 0.05) is 47.2 Å².